The lowest BCUT2D eigenvalue weighted by Crippen LogP contribution is -2.55. The van der Waals surface area contributed by atoms with E-state index in [2.05, 4.69) is 4.90 Å². The molecule has 4 aromatic carbocycles. The van der Waals surface area contributed by atoms with Crippen LogP contribution in [0.15, 0.2) is 103 Å². The van der Waals surface area contributed by atoms with Gasteiger partial charge in [-0.3, -0.25) is 14.4 Å². The third kappa shape index (κ3) is 9.20. The Kier molecular flexibility index (Phi) is 11.7. The van der Waals surface area contributed by atoms with Gasteiger partial charge in [-0.1, -0.05) is 48.5 Å². The number of aromatic hydroxyl groups is 1. The number of amides is 2. The highest BCUT2D eigenvalue weighted by Gasteiger charge is 2.29. The number of nitrogens with two attached hydrogens (primary N) is 1. The highest BCUT2D eigenvalue weighted by atomic mass is 16.5. The predicted molar refractivity (Wildman–Crippen MR) is 191 cm³/mol. The van der Waals surface area contributed by atoms with Gasteiger partial charge in [-0.2, -0.15) is 0 Å². The lowest BCUT2D eigenvalue weighted by Gasteiger charge is -2.35. The minimum absolute atomic E-state index is 0.133. The number of benzene rings is 4. The molecule has 0 unspecified atom stereocenters. The maximum absolute atomic E-state index is 13.1. The molecule has 1 saturated heterocycles. The number of aliphatic hydroxyl groups is 1. The minimum Gasteiger partial charge on any atom is -0.508 e. The normalized spacial score (nSPS) is 13.8. The molecular formula is C39H42N4O7. The van der Waals surface area contributed by atoms with Gasteiger partial charge in [-0.25, -0.2) is 0 Å². The summed E-state index contributed by atoms with van der Waals surface area (Å²) >= 11 is 0. The Hall–Kier alpha value is -5.81. The molecule has 1 atom stereocenters. The van der Waals surface area contributed by atoms with Crippen LogP contribution in [0.1, 0.15) is 22.3 Å². The zero-order valence-electron chi connectivity index (χ0n) is 28.2. The lowest BCUT2D eigenvalue weighted by molar-refractivity contribution is -0.145. The molecule has 4 aromatic rings. The van der Waals surface area contributed by atoms with Crippen molar-refractivity contribution in [3.63, 3.8) is 0 Å². The molecule has 0 saturated carbocycles. The second-order valence-corrected chi connectivity index (χ2v) is 12.1. The van der Waals surface area contributed by atoms with E-state index in [0.29, 0.717) is 25.1 Å². The summed E-state index contributed by atoms with van der Waals surface area (Å²) in [6.07, 6.45) is 1.25. The molecule has 0 bridgehead atoms. The van der Waals surface area contributed by atoms with Crippen LogP contribution in [0.25, 0.3) is 5.76 Å². The number of rotatable bonds is 13. The van der Waals surface area contributed by atoms with E-state index in [1.165, 1.54) is 4.90 Å². The van der Waals surface area contributed by atoms with Crippen molar-refractivity contribution < 1.29 is 34.1 Å². The van der Waals surface area contributed by atoms with Crippen molar-refractivity contribution in [2.75, 3.05) is 45.3 Å². The second-order valence-electron chi connectivity index (χ2n) is 12.1. The number of carbonyl (C=O) groups excluding carboxylic acids is 3. The quantitative estimate of drug-likeness (QED) is 0.107. The average Bonchev–Trinajstić information content (AvgIpc) is 3.15. The first kappa shape index (κ1) is 35.5. The lowest BCUT2D eigenvalue weighted by atomic mass is 10.0. The van der Waals surface area contributed by atoms with E-state index < -0.39 is 17.7 Å². The van der Waals surface area contributed by atoms with Crippen LogP contribution in [-0.4, -0.2) is 84.1 Å². The Morgan fingerprint density at radius 1 is 0.780 bits per heavy atom. The molecule has 1 aliphatic heterocycles. The second kappa shape index (κ2) is 16.5. The van der Waals surface area contributed by atoms with E-state index in [1.54, 1.807) is 61.6 Å². The maximum Gasteiger partial charge on any atom is 0.294 e. The fourth-order valence-corrected chi connectivity index (χ4v) is 5.85. The number of carbonyl (C=O) groups is 3. The number of phenols is 1. The zero-order valence-corrected chi connectivity index (χ0v) is 28.2. The van der Waals surface area contributed by atoms with Gasteiger partial charge in [0.2, 0.25) is 11.7 Å². The van der Waals surface area contributed by atoms with Gasteiger partial charge in [0, 0.05) is 56.6 Å². The fraction of sp³-hybridized carbons (Fsp3) is 0.256. The number of hydrogen-bond acceptors (Lipinski definition) is 9. The van der Waals surface area contributed by atoms with Crippen molar-refractivity contribution >= 4 is 29.0 Å². The van der Waals surface area contributed by atoms with Gasteiger partial charge >= 0.3 is 0 Å². The van der Waals surface area contributed by atoms with Crippen LogP contribution in [0.3, 0.4) is 0 Å². The topological polar surface area (TPSA) is 146 Å². The van der Waals surface area contributed by atoms with Crippen LogP contribution in [0.2, 0.25) is 0 Å². The number of aliphatic hydroxyl groups excluding tert-OH is 1. The van der Waals surface area contributed by atoms with E-state index in [9.17, 15) is 24.6 Å². The van der Waals surface area contributed by atoms with Crippen LogP contribution in [0, 0.1) is 0 Å². The molecule has 1 fully saturated rings. The largest absolute Gasteiger partial charge is 0.508 e. The van der Waals surface area contributed by atoms with Crippen molar-refractivity contribution in [2.45, 2.75) is 25.6 Å². The smallest absolute Gasteiger partial charge is 0.294 e. The molecule has 1 aliphatic rings. The van der Waals surface area contributed by atoms with Gasteiger partial charge in [0.05, 0.1) is 20.3 Å². The Bertz CT molecular complexity index is 1780. The average molecular weight is 679 g/mol. The number of nitrogens with zero attached hydrogens (tertiary/aromatic N) is 3. The van der Waals surface area contributed by atoms with E-state index in [4.69, 9.17) is 15.2 Å². The molecule has 5 rings (SSSR count). The first-order chi connectivity index (χ1) is 24.1. The van der Waals surface area contributed by atoms with Crippen LogP contribution in [0.4, 0.5) is 5.69 Å². The third-order valence-electron chi connectivity index (χ3n) is 8.59. The Morgan fingerprint density at radius 2 is 1.34 bits per heavy atom. The molecule has 260 valence electrons. The summed E-state index contributed by atoms with van der Waals surface area (Å²) < 4.78 is 10.8. The summed E-state index contributed by atoms with van der Waals surface area (Å²) in [5, 5.41) is 20.5. The number of phenolic OH excluding ortho intramolecular Hbond substituents is 1. The first-order valence-electron chi connectivity index (χ1n) is 16.3. The summed E-state index contributed by atoms with van der Waals surface area (Å²) in [4.78, 5) is 44.1. The van der Waals surface area contributed by atoms with Crippen LogP contribution in [-0.2, 0) is 33.9 Å². The van der Waals surface area contributed by atoms with Gasteiger partial charge in [0.25, 0.3) is 5.91 Å². The number of ketones is 1. The van der Waals surface area contributed by atoms with Crippen molar-refractivity contribution in [3.8, 4) is 17.2 Å². The van der Waals surface area contributed by atoms with E-state index >= 15 is 0 Å². The summed E-state index contributed by atoms with van der Waals surface area (Å²) in [6.45, 7) is 1.84. The van der Waals surface area contributed by atoms with Crippen molar-refractivity contribution in [3.05, 3.63) is 125 Å². The predicted octanol–water partition coefficient (Wildman–Crippen LogP) is 4.33. The van der Waals surface area contributed by atoms with E-state index in [1.807, 2.05) is 54.6 Å². The van der Waals surface area contributed by atoms with Crippen LogP contribution in [0.5, 0.6) is 17.2 Å². The van der Waals surface area contributed by atoms with E-state index in [0.717, 1.165) is 40.0 Å². The van der Waals surface area contributed by atoms with Gasteiger partial charge in [-0.05, 0) is 71.6 Å². The van der Waals surface area contributed by atoms with Gasteiger partial charge in [0.1, 0.15) is 23.0 Å². The summed E-state index contributed by atoms with van der Waals surface area (Å²) in [6, 6.07) is 28.5. The third-order valence-corrected chi connectivity index (χ3v) is 8.59. The number of methoxy groups -OCH3 is 2. The molecule has 4 N–H and O–H groups in total. The number of piperazine rings is 1. The highest BCUT2D eigenvalue weighted by molar-refractivity contribution is 6.41. The SMILES string of the molecule is COc1cccc(CN(Cc2cccc(OC)c2)c2cccc(C(O)=CC(=O)C(=O)N3CCN(C(=O)[C@@H](N)Cc4ccc(O)cc4)CC3)c2)c1. The van der Waals surface area contributed by atoms with Crippen LogP contribution < -0.4 is 20.1 Å². The molecule has 11 heteroatoms. The number of anilines is 1. The van der Waals surface area contributed by atoms with Gasteiger partial charge < -0.3 is 40.1 Å². The van der Waals surface area contributed by atoms with Crippen molar-refractivity contribution in [1.82, 2.24) is 9.80 Å². The molecule has 50 heavy (non-hydrogen) atoms. The van der Waals surface area contributed by atoms with Crippen molar-refractivity contribution in [2.24, 2.45) is 5.73 Å². The Balaban J connectivity index is 1.24. The zero-order chi connectivity index (χ0) is 35.6. The van der Waals surface area contributed by atoms with Crippen LogP contribution >= 0.6 is 0 Å². The molecule has 0 aromatic heterocycles. The maximum atomic E-state index is 13.1. The van der Waals surface area contributed by atoms with Gasteiger partial charge in [-0.15, -0.1) is 0 Å². The molecular weight excluding hydrogens is 636 g/mol. The summed E-state index contributed by atoms with van der Waals surface area (Å²) in [5.74, 6) is -0.588. The molecule has 0 spiro atoms. The van der Waals surface area contributed by atoms with Crippen molar-refractivity contribution in [1.29, 1.82) is 0 Å². The highest BCUT2D eigenvalue weighted by Crippen LogP contribution is 2.26. The monoisotopic (exact) mass is 678 g/mol. The van der Waals surface area contributed by atoms with E-state index in [-0.39, 0.29) is 43.6 Å². The molecule has 11 nitrogen and oxygen atoms in total. The molecule has 0 aliphatic carbocycles. The number of hydrogen-bond donors (Lipinski definition) is 3. The Labute approximate surface area is 291 Å². The minimum atomic E-state index is -0.860. The summed E-state index contributed by atoms with van der Waals surface area (Å²) in [7, 11) is 3.24. The summed E-state index contributed by atoms with van der Waals surface area (Å²) in [5.41, 5.74) is 10.2. The molecule has 0 radical (unpaired) electrons. The molecule has 2 amide bonds. The fourth-order valence-electron chi connectivity index (χ4n) is 5.85. The standard InChI is InChI=1S/C39H42N4O7/c1-49-33-10-3-6-28(20-33)25-43(26-29-7-4-11-34(21-29)50-2)31-9-5-8-30(23-31)36(45)24-37(46)39(48)42-18-16-41(17-19-42)38(47)35(40)22-27-12-14-32(44)15-13-27/h3-15,20-21,23-24,35,44-45H,16-19,22,25-26,40H2,1-2H3/t35-/m0/s1. The molecule has 1 heterocycles. The Morgan fingerprint density at radius 3 is 1.92 bits per heavy atom. The van der Waals surface area contributed by atoms with Gasteiger partial charge in [0.15, 0.2) is 0 Å². The first-order valence-corrected chi connectivity index (χ1v) is 16.3. The number of ether oxygens (including phenoxy) is 2.